The lowest BCUT2D eigenvalue weighted by atomic mass is 9.86. The van der Waals surface area contributed by atoms with Crippen LogP contribution in [0.1, 0.15) is 26.3 Å². The molecule has 1 unspecified atom stereocenters. The number of esters is 2. The largest absolute Gasteiger partial charge is 0.466 e. The minimum atomic E-state index is -1.49. The average Bonchev–Trinajstić information content (AvgIpc) is 3.00. The summed E-state index contributed by atoms with van der Waals surface area (Å²) in [7, 11) is 2.36. The molecule has 0 amide bonds. The number of rotatable bonds is 5. The molecule has 0 aromatic heterocycles. The number of ether oxygens (including phenoxy) is 3. The number of carbonyl (C=O) groups is 2. The summed E-state index contributed by atoms with van der Waals surface area (Å²) in [6, 6.07) is 5.48. The van der Waals surface area contributed by atoms with Crippen molar-refractivity contribution in [3.63, 3.8) is 0 Å². The number of benzene rings is 1. The Morgan fingerprint density at radius 1 is 1.17 bits per heavy atom. The molecule has 0 spiro atoms. The molecule has 1 aliphatic rings. The minimum absolute atomic E-state index is 0.0475. The van der Waals surface area contributed by atoms with E-state index in [0.717, 1.165) is 0 Å². The second-order valence-electron chi connectivity index (χ2n) is 7.19. The maximum Gasteiger partial charge on any atom is 0.344 e. The Labute approximate surface area is 176 Å². The summed E-state index contributed by atoms with van der Waals surface area (Å²) in [6.45, 7) is 5.41. The molecule has 10 heteroatoms. The minimum Gasteiger partial charge on any atom is -0.466 e. The lowest BCUT2D eigenvalue weighted by Crippen LogP contribution is -2.35. The molecule has 29 heavy (non-hydrogen) atoms. The highest BCUT2D eigenvalue weighted by atomic mass is 79.9. The molecule has 1 aromatic rings. The van der Waals surface area contributed by atoms with Crippen LogP contribution in [0, 0.1) is 10.1 Å². The molecular formula is C19H21BrN2O7. The van der Waals surface area contributed by atoms with Gasteiger partial charge < -0.3 is 14.2 Å². The molecule has 0 bridgehead atoms. The Morgan fingerprint density at radius 3 is 2.14 bits per heavy atom. The first-order chi connectivity index (χ1) is 13.5. The second-order valence-corrected chi connectivity index (χ2v) is 7.75. The van der Waals surface area contributed by atoms with Crippen molar-refractivity contribution in [1.82, 2.24) is 0 Å². The molecule has 9 nitrogen and oxygen atoms in total. The van der Waals surface area contributed by atoms with Gasteiger partial charge in [-0.05, 0) is 32.9 Å². The summed E-state index contributed by atoms with van der Waals surface area (Å²) in [6.07, 6.45) is 0. The van der Waals surface area contributed by atoms with E-state index >= 15 is 0 Å². The zero-order valence-electron chi connectivity index (χ0n) is 16.6. The maximum atomic E-state index is 12.7. The van der Waals surface area contributed by atoms with Crippen LogP contribution in [0.25, 0.3) is 0 Å². The number of aliphatic imine (C=N–C) groups is 1. The standard InChI is InChI=1S/C19H21BrN2O7/c1-18(2,3)21-15-13(16(23)27-4)14(17(24)28-5)19(10-20,29-15)11-6-8-12(9-7-11)22(25)26/h6-9H,10H2,1-5H3. The molecule has 156 valence electrons. The number of alkyl halides is 1. The monoisotopic (exact) mass is 468 g/mol. The highest BCUT2D eigenvalue weighted by Crippen LogP contribution is 2.45. The van der Waals surface area contributed by atoms with Crippen LogP contribution in [0.4, 0.5) is 5.69 Å². The number of carbonyl (C=O) groups excluding carboxylic acids is 2. The van der Waals surface area contributed by atoms with Crippen molar-refractivity contribution < 1.29 is 28.7 Å². The first kappa shape index (κ1) is 22.5. The summed E-state index contributed by atoms with van der Waals surface area (Å²) in [5.41, 5.74) is -2.09. The average molecular weight is 469 g/mol. The fourth-order valence-corrected chi connectivity index (χ4v) is 3.57. The molecule has 0 N–H and O–H groups in total. The SMILES string of the molecule is COC(=O)C1=C(C(=O)OC)C(CBr)(c2ccc([N+](=O)[O-])cc2)OC1=NC(C)(C)C. The van der Waals surface area contributed by atoms with E-state index in [0.29, 0.717) is 5.56 Å². The van der Waals surface area contributed by atoms with Gasteiger partial charge in [-0.15, -0.1) is 0 Å². The topological polar surface area (TPSA) is 117 Å². The van der Waals surface area contributed by atoms with Gasteiger partial charge in [-0.25, -0.2) is 14.6 Å². The molecule has 0 saturated carbocycles. The van der Waals surface area contributed by atoms with E-state index in [9.17, 15) is 19.7 Å². The van der Waals surface area contributed by atoms with Crippen molar-refractivity contribution in [3.8, 4) is 0 Å². The van der Waals surface area contributed by atoms with Crippen molar-refractivity contribution in [2.24, 2.45) is 4.99 Å². The Balaban J connectivity index is 2.83. The Bertz CT molecular complexity index is 900. The van der Waals surface area contributed by atoms with Crippen LogP contribution in [0.2, 0.25) is 0 Å². The van der Waals surface area contributed by atoms with E-state index in [1.807, 2.05) is 0 Å². The third kappa shape index (κ3) is 4.31. The molecule has 0 radical (unpaired) electrons. The molecular weight excluding hydrogens is 448 g/mol. The molecule has 1 heterocycles. The molecule has 1 atom stereocenters. The number of hydrogen-bond acceptors (Lipinski definition) is 8. The van der Waals surface area contributed by atoms with Gasteiger partial charge in [0.05, 0.1) is 30.0 Å². The summed E-state index contributed by atoms with van der Waals surface area (Å²) in [5.74, 6) is -1.68. The van der Waals surface area contributed by atoms with Crippen LogP contribution in [-0.4, -0.2) is 47.8 Å². The Kier molecular flexibility index (Phi) is 6.46. The smallest absolute Gasteiger partial charge is 0.344 e. The Morgan fingerprint density at radius 2 is 1.72 bits per heavy atom. The number of halogens is 1. The van der Waals surface area contributed by atoms with Crippen molar-refractivity contribution in [2.45, 2.75) is 31.9 Å². The normalized spacial score (nSPS) is 20.4. The number of hydrogen-bond donors (Lipinski definition) is 0. The third-order valence-corrected chi connectivity index (χ3v) is 4.88. The lowest BCUT2D eigenvalue weighted by molar-refractivity contribution is -0.384. The van der Waals surface area contributed by atoms with E-state index in [1.165, 1.54) is 38.5 Å². The van der Waals surface area contributed by atoms with E-state index in [-0.39, 0.29) is 28.1 Å². The van der Waals surface area contributed by atoms with Crippen LogP contribution in [0.3, 0.4) is 0 Å². The van der Waals surface area contributed by atoms with E-state index in [2.05, 4.69) is 20.9 Å². The molecule has 0 fully saturated rings. The number of nitro groups is 1. The van der Waals surface area contributed by atoms with E-state index in [4.69, 9.17) is 14.2 Å². The molecule has 0 aliphatic carbocycles. The zero-order valence-corrected chi connectivity index (χ0v) is 18.2. The first-order valence-corrected chi connectivity index (χ1v) is 9.64. The van der Waals surface area contributed by atoms with Gasteiger partial charge >= 0.3 is 11.9 Å². The first-order valence-electron chi connectivity index (χ1n) is 8.52. The van der Waals surface area contributed by atoms with Crippen LogP contribution in [0.5, 0.6) is 0 Å². The highest BCUT2D eigenvalue weighted by Gasteiger charge is 2.53. The predicted octanol–water partition coefficient (Wildman–Crippen LogP) is 3.05. The number of non-ortho nitro benzene ring substituents is 1. The molecule has 2 rings (SSSR count). The highest BCUT2D eigenvalue weighted by molar-refractivity contribution is 9.09. The van der Waals surface area contributed by atoms with Gasteiger partial charge in [0.25, 0.3) is 5.69 Å². The van der Waals surface area contributed by atoms with Crippen LogP contribution in [0.15, 0.2) is 40.4 Å². The van der Waals surface area contributed by atoms with Crippen LogP contribution < -0.4 is 0 Å². The predicted molar refractivity (Wildman–Crippen MR) is 108 cm³/mol. The van der Waals surface area contributed by atoms with Crippen molar-refractivity contribution >= 4 is 39.5 Å². The fraction of sp³-hybridized carbons (Fsp3) is 0.421. The van der Waals surface area contributed by atoms with Gasteiger partial charge in [0.2, 0.25) is 5.90 Å². The number of nitro benzene ring substituents is 1. The van der Waals surface area contributed by atoms with Gasteiger partial charge in [-0.1, -0.05) is 15.9 Å². The van der Waals surface area contributed by atoms with Crippen molar-refractivity contribution in [1.29, 1.82) is 0 Å². The molecule has 0 saturated heterocycles. The summed E-state index contributed by atoms with van der Waals surface area (Å²) < 4.78 is 15.9. The van der Waals surface area contributed by atoms with Gasteiger partial charge in [0.1, 0.15) is 11.1 Å². The molecule has 1 aliphatic heterocycles. The van der Waals surface area contributed by atoms with Crippen LogP contribution >= 0.6 is 15.9 Å². The fourth-order valence-electron chi connectivity index (χ4n) is 2.85. The van der Waals surface area contributed by atoms with Crippen molar-refractivity contribution in [2.75, 3.05) is 19.5 Å². The number of nitrogens with zero attached hydrogens (tertiary/aromatic N) is 2. The van der Waals surface area contributed by atoms with E-state index < -0.39 is 28.0 Å². The zero-order chi connectivity index (χ0) is 22.0. The number of methoxy groups -OCH3 is 2. The van der Waals surface area contributed by atoms with Gasteiger partial charge in [-0.3, -0.25) is 10.1 Å². The summed E-state index contributed by atoms with van der Waals surface area (Å²) in [5, 5.41) is 11.0. The quantitative estimate of drug-likeness (QED) is 0.282. The van der Waals surface area contributed by atoms with Gasteiger partial charge in [-0.2, -0.15) is 0 Å². The van der Waals surface area contributed by atoms with Crippen molar-refractivity contribution in [3.05, 3.63) is 51.1 Å². The Hall–Kier alpha value is -2.75. The van der Waals surface area contributed by atoms with Gasteiger partial charge in [0, 0.05) is 17.7 Å². The van der Waals surface area contributed by atoms with E-state index in [1.54, 1.807) is 20.8 Å². The molecule has 1 aromatic carbocycles. The van der Waals surface area contributed by atoms with Gasteiger partial charge in [0.15, 0.2) is 5.60 Å². The second kappa shape index (κ2) is 8.32. The summed E-state index contributed by atoms with van der Waals surface area (Å²) in [4.78, 5) is 40.2. The van der Waals surface area contributed by atoms with Crippen LogP contribution in [-0.2, 0) is 29.4 Å². The summed E-state index contributed by atoms with van der Waals surface area (Å²) >= 11 is 3.35. The third-order valence-electron chi connectivity index (χ3n) is 4.09. The maximum absolute atomic E-state index is 12.7. The lowest BCUT2D eigenvalue weighted by Gasteiger charge is -2.29.